The average Bonchev–Trinajstić information content (AvgIpc) is 3.24. The molecule has 0 bridgehead atoms. The quantitative estimate of drug-likeness (QED) is 0.245. The monoisotopic (exact) mass is 576 g/mol. The number of aromatic carboxylic acids is 1. The van der Waals surface area contributed by atoms with E-state index in [9.17, 15) is 9.90 Å². The molecule has 2 aliphatic rings. The first-order valence-electron chi connectivity index (χ1n) is 14.7. The molecule has 2 aromatic heterocycles. The zero-order chi connectivity index (χ0) is 30.1. The number of aromatic nitrogens is 4. The fourth-order valence-corrected chi connectivity index (χ4v) is 5.90. The van der Waals surface area contributed by atoms with Gasteiger partial charge in [-0.1, -0.05) is 42.8 Å². The summed E-state index contributed by atoms with van der Waals surface area (Å²) in [5.41, 5.74) is 10.6. The predicted molar refractivity (Wildman–Crippen MR) is 169 cm³/mol. The van der Waals surface area contributed by atoms with Crippen LogP contribution in [0.15, 0.2) is 66.5 Å². The topological polar surface area (TPSA) is 105 Å². The Morgan fingerprint density at radius 2 is 1.88 bits per heavy atom. The highest BCUT2D eigenvalue weighted by Gasteiger charge is 2.27. The molecule has 220 valence electrons. The third-order valence-corrected chi connectivity index (χ3v) is 8.07. The van der Waals surface area contributed by atoms with Gasteiger partial charge in [-0.25, -0.2) is 14.8 Å². The van der Waals surface area contributed by atoms with E-state index in [-0.39, 0.29) is 5.56 Å². The van der Waals surface area contributed by atoms with Crippen LogP contribution in [-0.4, -0.2) is 55.9 Å². The number of fused-ring (bicyclic) bond motifs is 3. The summed E-state index contributed by atoms with van der Waals surface area (Å²) in [5, 5.41) is 17.5. The number of carboxylic acid groups (broad SMARTS) is 1. The maximum absolute atomic E-state index is 11.4. The molecule has 0 unspecified atom stereocenters. The van der Waals surface area contributed by atoms with Crippen LogP contribution >= 0.6 is 0 Å². The molecule has 3 heterocycles. The number of hydrogen-bond donors (Lipinski definition) is 2. The van der Waals surface area contributed by atoms with Gasteiger partial charge >= 0.3 is 5.97 Å². The molecule has 0 radical (unpaired) electrons. The SMILES string of the molecule is CCCN1C=C(c2ccc(-c3c4c(nn3C)CCc3cnc(Nc5ccc(C(=O)O)cc5OC)nc3-4)cc2)C=C(C)CC1. The van der Waals surface area contributed by atoms with E-state index in [2.05, 4.69) is 65.6 Å². The molecule has 1 aliphatic carbocycles. The van der Waals surface area contributed by atoms with Crippen molar-refractivity contribution in [3.05, 3.63) is 88.9 Å². The van der Waals surface area contributed by atoms with Crippen LogP contribution in [0.1, 0.15) is 53.9 Å². The summed E-state index contributed by atoms with van der Waals surface area (Å²) in [4.78, 5) is 23.3. The second-order valence-corrected chi connectivity index (χ2v) is 11.1. The number of carboxylic acids is 1. The molecule has 6 rings (SSSR count). The highest BCUT2D eigenvalue weighted by Crippen LogP contribution is 2.40. The van der Waals surface area contributed by atoms with Crippen molar-refractivity contribution in [3.63, 3.8) is 0 Å². The van der Waals surface area contributed by atoms with Gasteiger partial charge in [0.05, 0.1) is 35.4 Å². The molecule has 0 atom stereocenters. The molecule has 9 heteroatoms. The van der Waals surface area contributed by atoms with E-state index >= 15 is 0 Å². The molecule has 0 spiro atoms. The van der Waals surface area contributed by atoms with Crippen molar-refractivity contribution in [1.82, 2.24) is 24.6 Å². The third kappa shape index (κ3) is 5.62. The minimum Gasteiger partial charge on any atom is -0.495 e. The van der Waals surface area contributed by atoms with E-state index in [1.165, 1.54) is 36.0 Å². The van der Waals surface area contributed by atoms with E-state index in [0.717, 1.165) is 72.5 Å². The van der Waals surface area contributed by atoms with Crippen LogP contribution in [-0.2, 0) is 19.9 Å². The van der Waals surface area contributed by atoms with Crippen LogP contribution in [0.4, 0.5) is 11.6 Å². The second kappa shape index (κ2) is 11.8. The van der Waals surface area contributed by atoms with Crippen molar-refractivity contribution in [2.45, 2.75) is 39.5 Å². The molecule has 0 saturated carbocycles. The Morgan fingerprint density at radius 1 is 1.09 bits per heavy atom. The van der Waals surface area contributed by atoms with Gasteiger partial charge in [0.15, 0.2) is 0 Å². The van der Waals surface area contributed by atoms with Gasteiger partial charge in [0.1, 0.15) is 5.75 Å². The number of aryl methyl sites for hydroxylation is 3. The number of nitrogens with zero attached hydrogens (tertiary/aromatic N) is 5. The number of methoxy groups -OCH3 is 1. The first-order chi connectivity index (χ1) is 20.8. The molecule has 0 saturated heterocycles. The van der Waals surface area contributed by atoms with Crippen molar-refractivity contribution in [2.24, 2.45) is 7.05 Å². The normalized spacial score (nSPS) is 14.3. The second-order valence-electron chi connectivity index (χ2n) is 11.1. The summed E-state index contributed by atoms with van der Waals surface area (Å²) in [6, 6.07) is 13.4. The van der Waals surface area contributed by atoms with E-state index in [1.807, 2.05) is 17.9 Å². The lowest BCUT2D eigenvalue weighted by Crippen LogP contribution is -2.19. The van der Waals surface area contributed by atoms with Crippen LogP contribution in [0.25, 0.3) is 28.1 Å². The van der Waals surface area contributed by atoms with Gasteiger partial charge in [-0.15, -0.1) is 0 Å². The fraction of sp³-hybridized carbons (Fsp3) is 0.294. The Morgan fingerprint density at radius 3 is 2.63 bits per heavy atom. The molecule has 2 aromatic carbocycles. The Hall–Kier alpha value is -4.92. The lowest BCUT2D eigenvalue weighted by atomic mass is 9.91. The Kier molecular flexibility index (Phi) is 7.71. The van der Waals surface area contributed by atoms with Crippen molar-refractivity contribution < 1.29 is 14.6 Å². The lowest BCUT2D eigenvalue weighted by Gasteiger charge is -2.19. The molecule has 0 amide bonds. The van der Waals surface area contributed by atoms with Gasteiger partial charge in [-0.2, -0.15) is 5.10 Å². The lowest BCUT2D eigenvalue weighted by molar-refractivity contribution is 0.0696. The average molecular weight is 577 g/mol. The number of allylic oxidation sites excluding steroid dienone is 2. The largest absolute Gasteiger partial charge is 0.495 e. The molecule has 43 heavy (non-hydrogen) atoms. The van der Waals surface area contributed by atoms with Crippen LogP contribution in [0.2, 0.25) is 0 Å². The Balaban J connectivity index is 1.35. The van der Waals surface area contributed by atoms with Crippen molar-refractivity contribution in [1.29, 1.82) is 0 Å². The number of carbonyl (C=O) groups is 1. The van der Waals surface area contributed by atoms with Crippen LogP contribution in [0.5, 0.6) is 5.75 Å². The van der Waals surface area contributed by atoms with E-state index in [4.69, 9.17) is 14.8 Å². The summed E-state index contributed by atoms with van der Waals surface area (Å²) in [7, 11) is 3.49. The minimum absolute atomic E-state index is 0.143. The Bertz CT molecular complexity index is 1750. The number of hydrogen-bond acceptors (Lipinski definition) is 7. The van der Waals surface area contributed by atoms with Crippen molar-refractivity contribution >= 4 is 23.2 Å². The van der Waals surface area contributed by atoms with Gasteiger partial charge in [0.2, 0.25) is 5.95 Å². The molecular weight excluding hydrogens is 540 g/mol. The van der Waals surface area contributed by atoms with Gasteiger partial charge in [0.25, 0.3) is 0 Å². The maximum Gasteiger partial charge on any atom is 0.335 e. The number of rotatable bonds is 8. The van der Waals surface area contributed by atoms with E-state index in [1.54, 1.807) is 6.07 Å². The van der Waals surface area contributed by atoms with Crippen LogP contribution in [0.3, 0.4) is 0 Å². The van der Waals surface area contributed by atoms with Gasteiger partial charge < -0.3 is 20.1 Å². The zero-order valence-corrected chi connectivity index (χ0v) is 25.0. The minimum atomic E-state index is -1.02. The summed E-state index contributed by atoms with van der Waals surface area (Å²) in [5.74, 6) is -0.219. The summed E-state index contributed by atoms with van der Waals surface area (Å²) in [6.07, 6.45) is 10.3. The first kappa shape index (κ1) is 28.2. The molecular formula is C34H36N6O3. The number of anilines is 2. The molecule has 2 N–H and O–H groups in total. The molecule has 1 aliphatic heterocycles. The van der Waals surface area contributed by atoms with Gasteiger partial charge in [-0.3, -0.25) is 4.68 Å². The predicted octanol–water partition coefficient (Wildman–Crippen LogP) is 6.50. The molecule has 0 fully saturated rings. The summed E-state index contributed by atoms with van der Waals surface area (Å²) in [6.45, 7) is 6.54. The third-order valence-electron chi connectivity index (χ3n) is 8.07. The number of ether oxygens (including phenoxy) is 1. The van der Waals surface area contributed by atoms with Gasteiger partial charge in [0, 0.05) is 43.7 Å². The van der Waals surface area contributed by atoms with Crippen molar-refractivity contribution in [3.8, 4) is 28.3 Å². The summed E-state index contributed by atoms with van der Waals surface area (Å²) >= 11 is 0. The fourth-order valence-electron chi connectivity index (χ4n) is 5.90. The zero-order valence-electron chi connectivity index (χ0n) is 25.0. The van der Waals surface area contributed by atoms with Crippen molar-refractivity contribution in [2.75, 3.05) is 25.5 Å². The standard InChI is InChI=1S/C34H36N6O3/c1-5-15-40-16-14-21(2)17-26(20-40)22-6-8-23(9-7-22)32-30-28(38-39(32)3)13-11-25-19-35-34(37-31(25)30)36-27-12-10-24(33(41)42)18-29(27)43-4/h6-10,12,17-20H,5,11,13-16H2,1-4H3,(H,41,42)(H,35,36,37). The Labute approximate surface area is 251 Å². The van der Waals surface area contributed by atoms with E-state index in [0.29, 0.717) is 17.4 Å². The maximum atomic E-state index is 11.4. The van der Waals surface area contributed by atoms with Gasteiger partial charge in [-0.05, 0) is 67.5 Å². The van der Waals surface area contributed by atoms with Crippen LogP contribution in [0, 0.1) is 0 Å². The van der Waals surface area contributed by atoms with E-state index < -0.39 is 5.97 Å². The molecule has 4 aromatic rings. The highest BCUT2D eigenvalue weighted by atomic mass is 16.5. The summed E-state index contributed by atoms with van der Waals surface area (Å²) < 4.78 is 7.39. The number of nitrogens with one attached hydrogen (secondary N) is 1. The first-order valence-corrected chi connectivity index (χ1v) is 14.7. The van der Waals surface area contributed by atoms with Crippen LogP contribution < -0.4 is 10.1 Å². The smallest absolute Gasteiger partial charge is 0.335 e. The highest BCUT2D eigenvalue weighted by molar-refractivity contribution is 5.89. The molecule has 9 nitrogen and oxygen atoms in total. The number of benzene rings is 2.